The maximum absolute atomic E-state index is 12.7. The summed E-state index contributed by atoms with van der Waals surface area (Å²) in [7, 11) is 1.54. The van der Waals surface area contributed by atoms with Gasteiger partial charge < -0.3 is 21.1 Å². The summed E-state index contributed by atoms with van der Waals surface area (Å²) in [4.78, 5) is 24.2. The standard InChI is InChI=1S/C16H23N3O3.ClH/c1-11(20)19-16(8-4-3-5-9-16)15(21)18-12-6-7-14(22-2)13(17)10-12;/h6-7,10H,3-5,8-9,17H2,1-2H3,(H,18,21)(H,19,20);1H. The molecule has 0 atom stereocenters. The Hall–Kier alpha value is -1.95. The van der Waals surface area contributed by atoms with Gasteiger partial charge in [-0.05, 0) is 31.0 Å². The van der Waals surface area contributed by atoms with Crippen LogP contribution in [0.25, 0.3) is 0 Å². The molecule has 0 aliphatic heterocycles. The van der Waals surface area contributed by atoms with E-state index in [1.807, 2.05) is 0 Å². The predicted octanol–water partition coefficient (Wildman–Crippen LogP) is 2.48. The van der Waals surface area contributed by atoms with Crippen LogP contribution in [-0.4, -0.2) is 24.5 Å². The van der Waals surface area contributed by atoms with Gasteiger partial charge in [-0.2, -0.15) is 0 Å². The van der Waals surface area contributed by atoms with Gasteiger partial charge in [-0.15, -0.1) is 12.4 Å². The molecule has 1 fully saturated rings. The van der Waals surface area contributed by atoms with E-state index in [0.717, 1.165) is 19.3 Å². The van der Waals surface area contributed by atoms with Gasteiger partial charge in [0.05, 0.1) is 12.8 Å². The SMILES string of the molecule is COc1ccc(NC(=O)C2(NC(C)=O)CCCCC2)cc1N.Cl. The highest BCUT2D eigenvalue weighted by molar-refractivity contribution is 6.00. The number of rotatable bonds is 4. The predicted molar refractivity (Wildman–Crippen MR) is 92.9 cm³/mol. The highest BCUT2D eigenvalue weighted by Crippen LogP contribution is 2.31. The van der Waals surface area contributed by atoms with E-state index in [9.17, 15) is 9.59 Å². The van der Waals surface area contributed by atoms with Crippen molar-refractivity contribution < 1.29 is 14.3 Å². The van der Waals surface area contributed by atoms with Crippen molar-refractivity contribution in [3.8, 4) is 5.75 Å². The molecule has 2 amide bonds. The topological polar surface area (TPSA) is 93.5 Å². The minimum atomic E-state index is -0.821. The monoisotopic (exact) mass is 341 g/mol. The molecule has 1 aromatic carbocycles. The molecule has 1 aliphatic rings. The molecule has 0 saturated heterocycles. The number of carbonyl (C=O) groups excluding carboxylic acids is 2. The van der Waals surface area contributed by atoms with Crippen molar-refractivity contribution in [3.05, 3.63) is 18.2 Å². The Labute approximate surface area is 142 Å². The Bertz CT molecular complexity index is 572. The molecule has 1 aliphatic carbocycles. The van der Waals surface area contributed by atoms with E-state index in [0.29, 0.717) is 30.0 Å². The maximum Gasteiger partial charge on any atom is 0.250 e. The van der Waals surface area contributed by atoms with Crippen LogP contribution in [0.5, 0.6) is 5.75 Å². The first-order valence-electron chi connectivity index (χ1n) is 7.50. The van der Waals surface area contributed by atoms with Crippen LogP contribution in [-0.2, 0) is 9.59 Å². The van der Waals surface area contributed by atoms with Crippen molar-refractivity contribution in [2.75, 3.05) is 18.2 Å². The molecule has 0 unspecified atom stereocenters. The first kappa shape index (κ1) is 19.1. The minimum absolute atomic E-state index is 0. The third-order valence-corrected chi connectivity index (χ3v) is 4.04. The first-order chi connectivity index (χ1) is 10.5. The van der Waals surface area contributed by atoms with E-state index in [1.54, 1.807) is 18.2 Å². The highest BCUT2D eigenvalue weighted by Gasteiger charge is 2.40. The quantitative estimate of drug-likeness (QED) is 0.733. The van der Waals surface area contributed by atoms with E-state index in [-0.39, 0.29) is 24.2 Å². The number of halogens is 1. The van der Waals surface area contributed by atoms with Gasteiger partial charge in [0, 0.05) is 12.6 Å². The Morgan fingerprint density at radius 2 is 1.87 bits per heavy atom. The molecule has 2 rings (SSSR count). The molecule has 6 nitrogen and oxygen atoms in total. The highest BCUT2D eigenvalue weighted by atomic mass is 35.5. The van der Waals surface area contributed by atoms with E-state index >= 15 is 0 Å². The van der Waals surface area contributed by atoms with Gasteiger partial charge in [-0.3, -0.25) is 9.59 Å². The first-order valence-corrected chi connectivity index (χ1v) is 7.50. The molecule has 4 N–H and O–H groups in total. The summed E-state index contributed by atoms with van der Waals surface area (Å²) in [5.74, 6) is 0.186. The lowest BCUT2D eigenvalue weighted by Gasteiger charge is -2.36. The molecule has 1 aromatic rings. The van der Waals surface area contributed by atoms with Crippen molar-refractivity contribution in [3.63, 3.8) is 0 Å². The van der Waals surface area contributed by atoms with Crippen LogP contribution in [0.1, 0.15) is 39.0 Å². The summed E-state index contributed by atoms with van der Waals surface area (Å²) in [6.07, 6.45) is 4.26. The number of nitrogen functional groups attached to an aromatic ring is 1. The molecule has 1 saturated carbocycles. The molecular formula is C16H24ClN3O3. The van der Waals surface area contributed by atoms with Crippen molar-refractivity contribution in [1.82, 2.24) is 5.32 Å². The van der Waals surface area contributed by atoms with E-state index < -0.39 is 5.54 Å². The van der Waals surface area contributed by atoms with E-state index in [1.165, 1.54) is 14.0 Å². The number of hydrogen-bond acceptors (Lipinski definition) is 4. The normalized spacial score (nSPS) is 15.9. The van der Waals surface area contributed by atoms with Gasteiger partial charge in [0.2, 0.25) is 11.8 Å². The van der Waals surface area contributed by atoms with Gasteiger partial charge >= 0.3 is 0 Å². The second-order valence-electron chi connectivity index (χ2n) is 5.73. The number of ether oxygens (including phenoxy) is 1. The number of anilines is 2. The number of methoxy groups -OCH3 is 1. The summed E-state index contributed by atoms with van der Waals surface area (Å²) < 4.78 is 5.10. The molecule has 0 bridgehead atoms. The zero-order valence-electron chi connectivity index (χ0n) is 13.5. The van der Waals surface area contributed by atoms with Crippen LogP contribution in [0.3, 0.4) is 0 Å². The third kappa shape index (κ3) is 4.51. The number of benzene rings is 1. The molecule has 128 valence electrons. The lowest BCUT2D eigenvalue weighted by molar-refractivity contribution is -0.130. The van der Waals surface area contributed by atoms with E-state index in [4.69, 9.17) is 10.5 Å². The zero-order chi connectivity index (χ0) is 16.2. The fourth-order valence-electron chi connectivity index (χ4n) is 2.96. The summed E-state index contributed by atoms with van der Waals surface area (Å²) in [6, 6.07) is 5.09. The Kier molecular flexibility index (Phi) is 6.69. The van der Waals surface area contributed by atoms with Crippen LogP contribution in [0.4, 0.5) is 11.4 Å². The largest absolute Gasteiger partial charge is 0.495 e. The molecule has 7 heteroatoms. The van der Waals surface area contributed by atoms with Gasteiger partial charge in [-0.25, -0.2) is 0 Å². The van der Waals surface area contributed by atoms with Gasteiger partial charge in [0.15, 0.2) is 0 Å². The average molecular weight is 342 g/mol. The third-order valence-electron chi connectivity index (χ3n) is 4.04. The van der Waals surface area contributed by atoms with Crippen molar-refractivity contribution in [2.45, 2.75) is 44.6 Å². The zero-order valence-corrected chi connectivity index (χ0v) is 14.3. The van der Waals surface area contributed by atoms with Crippen molar-refractivity contribution in [1.29, 1.82) is 0 Å². The minimum Gasteiger partial charge on any atom is -0.495 e. The Balaban J connectivity index is 0.00000264. The molecular weight excluding hydrogens is 318 g/mol. The number of carbonyl (C=O) groups is 2. The lowest BCUT2D eigenvalue weighted by atomic mass is 9.80. The summed E-state index contributed by atoms with van der Waals surface area (Å²) in [6.45, 7) is 1.44. The number of nitrogens with one attached hydrogen (secondary N) is 2. The van der Waals surface area contributed by atoms with Crippen LogP contribution < -0.4 is 21.1 Å². The molecule has 0 aromatic heterocycles. The second kappa shape index (κ2) is 8.06. The van der Waals surface area contributed by atoms with Gasteiger partial charge in [-0.1, -0.05) is 19.3 Å². The maximum atomic E-state index is 12.7. The van der Waals surface area contributed by atoms with Crippen molar-refractivity contribution >= 4 is 35.6 Å². The smallest absolute Gasteiger partial charge is 0.250 e. The fraction of sp³-hybridized carbons (Fsp3) is 0.500. The lowest BCUT2D eigenvalue weighted by Crippen LogP contribution is -2.57. The van der Waals surface area contributed by atoms with Gasteiger partial charge in [0.25, 0.3) is 0 Å². The summed E-state index contributed by atoms with van der Waals surface area (Å²) in [5.41, 5.74) is 6.09. The van der Waals surface area contributed by atoms with E-state index in [2.05, 4.69) is 10.6 Å². The van der Waals surface area contributed by atoms with Crippen molar-refractivity contribution in [2.24, 2.45) is 0 Å². The van der Waals surface area contributed by atoms with Gasteiger partial charge in [0.1, 0.15) is 11.3 Å². The summed E-state index contributed by atoms with van der Waals surface area (Å²) >= 11 is 0. The summed E-state index contributed by atoms with van der Waals surface area (Å²) in [5, 5.41) is 5.71. The molecule has 23 heavy (non-hydrogen) atoms. The molecule has 0 radical (unpaired) electrons. The Morgan fingerprint density at radius 3 is 2.39 bits per heavy atom. The number of amides is 2. The Morgan fingerprint density at radius 1 is 1.22 bits per heavy atom. The molecule has 0 spiro atoms. The average Bonchev–Trinajstić information content (AvgIpc) is 2.47. The molecule has 0 heterocycles. The van der Waals surface area contributed by atoms with Crippen LogP contribution >= 0.6 is 12.4 Å². The second-order valence-corrected chi connectivity index (χ2v) is 5.73. The number of nitrogens with two attached hydrogens (primary N) is 1. The number of hydrogen-bond donors (Lipinski definition) is 3. The van der Waals surface area contributed by atoms with Crippen LogP contribution in [0.2, 0.25) is 0 Å². The van der Waals surface area contributed by atoms with Crippen LogP contribution in [0, 0.1) is 0 Å². The van der Waals surface area contributed by atoms with Crippen LogP contribution in [0.15, 0.2) is 18.2 Å². The fourth-order valence-corrected chi connectivity index (χ4v) is 2.96.